The van der Waals surface area contributed by atoms with Gasteiger partial charge in [-0.3, -0.25) is 0 Å². The first-order chi connectivity index (χ1) is 11.6. The van der Waals surface area contributed by atoms with E-state index in [4.69, 9.17) is 10.5 Å². The van der Waals surface area contributed by atoms with E-state index < -0.39 is 17.5 Å². The molecule has 2 aromatic carbocycles. The zero-order chi connectivity index (χ0) is 17.1. The monoisotopic (exact) mass is 330 g/mol. The van der Waals surface area contributed by atoms with Crippen LogP contribution in [0.2, 0.25) is 0 Å². The minimum atomic E-state index is -1.53. The van der Waals surface area contributed by atoms with E-state index in [2.05, 4.69) is 4.98 Å². The summed E-state index contributed by atoms with van der Waals surface area (Å²) in [6.07, 6.45) is 1.59. The lowest BCUT2D eigenvalue weighted by atomic mass is 10.1. The first kappa shape index (κ1) is 15.9. The third-order valence-electron chi connectivity index (χ3n) is 3.49. The molecule has 0 aliphatic rings. The number of nitrogen functional groups attached to an aromatic ring is 1. The molecule has 0 aliphatic heterocycles. The first-order valence-electron chi connectivity index (χ1n) is 7.12. The van der Waals surface area contributed by atoms with Gasteiger partial charge in [-0.05, 0) is 23.8 Å². The van der Waals surface area contributed by atoms with Gasteiger partial charge in [-0.2, -0.15) is 0 Å². The number of nitrogens with two attached hydrogens (primary N) is 1. The van der Waals surface area contributed by atoms with Crippen LogP contribution in [-0.4, -0.2) is 4.98 Å². The highest BCUT2D eigenvalue weighted by Crippen LogP contribution is 2.28. The van der Waals surface area contributed by atoms with E-state index in [0.717, 1.165) is 23.3 Å². The minimum Gasteiger partial charge on any atom is -0.485 e. The number of hydrogen-bond donors (Lipinski definition) is 1. The molecule has 0 unspecified atom stereocenters. The lowest BCUT2D eigenvalue weighted by Gasteiger charge is -2.11. The van der Waals surface area contributed by atoms with Gasteiger partial charge < -0.3 is 10.5 Å². The van der Waals surface area contributed by atoms with Crippen LogP contribution in [-0.2, 0) is 6.61 Å². The van der Waals surface area contributed by atoms with Gasteiger partial charge in [-0.1, -0.05) is 30.3 Å². The van der Waals surface area contributed by atoms with Crippen molar-refractivity contribution < 1.29 is 17.9 Å². The maximum absolute atomic E-state index is 13.7. The number of benzene rings is 2. The van der Waals surface area contributed by atoms with Crippen molar-refractivity contribution in [3.05, 3.63) is 77.7 Å². The van der Waals surface area contributed by atoms with Gasteiger partial charge >= 0.3 is 0 Å². The maximum Gasteiger partial charge on any atom is 0.194 e. The summed E-state index contributed by atoms with van der Waals surface area (Å²) >= 11 is 0. The molecule has 0 aliphatic carbocycles. The Hall–Kier alpha value is -3.02. The average Bonchev–Trinajstić information content (AvgIpc) is 2.61. The molecule has 0 saturated heterocycles. The van der Waals surface area contributed by atoms with E-state index >= 15 is 0 Å². The van der Waals surface area contributed by atoms with E-state index in [0.29, 0.717) is 0 Å². The number of nitrogens with zero attached hydrogens (tertiary/aromatic N) is 1. The Bertz CT molecular complexity index is 870. The van der Waals surface area contributed by atoms with Crippen molar-refractivity contribution in [1.82, 2.24) is 4.98 Å². The van der Waals surface area contributed by atoms with Crippen LogP contribution >= 0.6 is 0 Å². The Labute approximate surface area is 136 Å². The Morgan fingerprint density at radius 1 is 0.917 bits per heavy atom. The van der Waals surface area contributed by atoms with Gasteiger partial charge in [0.05, 0.1) is 0 Å². The lowest BCUT2D eigenvalue weighted by Crippen LogP contribution is -2.04. The fourth-order valence-electron chi connectivity index (χ4n) is 2.19. The third-order valence-corrected chi connectivity index (χ3v) is 3.49. The van der Waals surface area contributed by atoms with Gasteiger partial charge in [0.2, 0.25) is 0 Å². The average molecular weight is 330 g/mol. The fraction of sp³-hybridized carbons (Fsp3) is 0.0556. The normalized spacial score (nSPS) is 10.6. The summed E-state index contributed by atoms with van der Waals surface area (Å²) < 4.78 is 45.3. The van der Waals surface area contributed by atoms with Crippen LogP contribution in [0.25, 0.3) is 11.1 Å². The molecule has 122 valence electrons. The van der Waals surface area contributed by atoms with Gasteiger partial charge in [0.1, 0.15) is 6.61 Å². The second-order valence-corrected chi connectivity index (χ2v) is 5.10. The molecule has 3 rings (SSSR count). The SMILES string of the molecule is Nc1ncc(-c2ccccc2)cc1OCc1ccc(F)c(F)c1F. The summed E-state index contributed by atoms with van der Waals surface area (Å²) in [5.41, 5.74) is 7.33. The summed E-state index contributed by atoms with van der Waals surface area (Å²) in [5, 5.41) is 0. The Morgan fingerprint density at radius 3 is 2.42 bits per heavy atom. The molecule has 24 heavy (non-hydrogen) atoms. The van der Waals surface area contributed by atoms with E-state index in [1.807, 2.05) is 30.3 Å². The van der Waals surface area contributed by atoms with Gasteiger partial charge in [-0.15, -0.1) is 0 Å². The van der Waals surface area contributed by atoms with Crippen molar-refractivity contribution >= 4 is 5.82 Å². The number of pyridine rings is 1. The van der Waals surface area contributed by atoms with Crippen molar-refractivity contribution in [2.75, 3.05) is 5.73 Å². The predicted molar refractivity (Wildman–Crippen MR) is 84.7 cm³/mol. The lowest BCUT2D eigenvalue weighted by molar-refractivity contribution is 0.296. The zero-order valence-corrected chi connectivity index (χ0v) is 12.5. The fourth-order valence-corrected chi connectivity index (χ4v) is 2.19. The van der Waals surface area contributed by atoms with Crippen LogP contribution in [0.5, 0.6) is 5.75 Å². The largest absolute Gasteiger partial charge is 0.485 e. The maximum atomic E-state index is 13.7. The molecule has 0 radical (unpaired) electrons. The molecule has 6 heteroatoms. The molecule has 2 N–H and O–H groups in total. The van der Waals surface area contributed by atoms with Crippen LogP contribution < -0.4 is 10.5 Å². The van der Waals surface area contributed by atoms with Gasteiger partial charge in [0, 0.05) is 17.3 Å². The molecular formula is C18H13F3N2O. The second-order valence-electron chi connectivity index (χ2n) is 5.10. The Morgan fingerprint density at radius 2 is 1.67 bits per heavy atom. The summed E-state index contributed by atoms with van der Waals surface area (Å²) in [7, 11) is 0. The second kappa shape index (κ2) is 6.62. The Balaban J connectivity index is 1.84. The number of anilines is 1. The zero-order valence-electron chi connectivity index (χ0n) is 12.5. The van der Waals surface area contributed by atoms with Gasteiger partial charge in [0.25, 0.3) is 0 Å². The molecule has 1 aromatic heterocycles. The van der Waals surface area contributed by atoms with Crippen LogP contribution in [0.1, 0.15) is 5.56 Å². The van der Waals surface area contributed by atoms with Crippen molar-refractivity contribution in [2.24, 2.45) is 0 Å². The van der Waals surface area contributed by atoms with E-state index in [1.165, 1.54) is 0 Å². The quantitative estimate of drug-likeness (QED) is 0.725. The topological polar surface area (TPSA) is 48.1 Å². The van der Waals surface area contributed by atoms with E-state index in [9.17, 15) is 13.2 Å². The molecule has 0 saturated carbocycles. The van der Waals surface area contributed by atoms with E-state index in [-0.39, 0.29) is 23.7 Å². The molecule has 0 spiro atoms. The smallest absolute Gasteiger partial charge is 0.194 e. The molecule has 3 nitrogen and oxygen atoms in total. The summed E-state index contributed by atoms with van der Waals surface area (Å²) in [6.45, 7) is -0.298. The molecule has 0 bridgehead atoms. The number of rotatable bonds is 4. The number of hydrogen-bond acceptors (Lipinski definition) is 3. The van der Waals surface area contributed by atoms with Crippen molar-refractivity contribution in [3.63, 3.8) is 0 Å². The van der Waals surface area contributed by atoms with Crippen LogP contribution in [0, 0.1) is 17.5 Å². The molecular weight excluding hydrogens is 317 g/mol. The van der Waals surface area contributed by atoms with Crippen molar-refractivity contribution in [2.45, 2.75) is 6.61 Å². The van der Waals surface area contributed by atoms with Crippen molar-refractivity contribution in [1.29, 1.82) is 0 Å². The van der Waals surface area contributed by atoms with Crippen molar-refractivity contribution in [3.8, 4) is 16.9 Å². The van der Waals surface area contributed by atoms with Crippen LogP contribution in [0.15, 0.2) is 54.7 Å². The highest BCUT2D eigenvalue weighted by atomic mass is 19.2. The molecule has 0 amide bonds. The first-order valence-corrected chi connectivity index (χ1v) is 7.12. The standard InChI is InChI=1S/C18H13F3N2O/c19-14-7-6-12(16(20)17(14)21)10-24-15-8-13(9-23-18(15)22)11-4-2-1-3-5-11/h1-9H,10H2,(H2,22,23). The molecule has 0 atom stereocenters. The van der Waals surface area contributed by atoms with Gasteiger partial charge in [-0.25, -0.2) is 18.2 Å². The van der Waals surface area contributed by atoms with Gasteiger partial charge in [0.15, 0.2) is 29.0 Å². The molecule has 0 fully saturated rings. The highest BCUT2D eigenvalue weighted by molar-refractivity contribution is 5.66. The Kier molecular flexibility index (Phi) is 4.37. The highest BCUT2D eigenvalue weighted by Gasteiger charge is 2.14. The molecule has 3 aromatic rings. The van der Waals surface area contributed by atoms with Crippen LogP contribution in [0.3, 0.4) is 0 Å². The van der Waals surface area contributed by atoms with E-state index in [1.54, 1.807) is 12.3 Å². The number of ether oxygens (including phenoxy) is 1. The predicted octanol–water partition coefficient (Wildman–Crippen LogP) is 4.33. The minimum absolute atomic E-state index is 0.113. The third kappa shape index (κ3) is 3.17. The summed E-state index contributed by atoms with van der Waals surface area (Å²) in [4.78, 5) is 4.05. The molecule has 1 heterocycles. The summed E-state index contributed by atoms with van der Waals surface area (Å²) in [5.74, 6) is -3.69. The summed E-state index contributed by atoms with van der Waals surface area (Å²) in [6, 6.07) is 13.1. The number of halogens is 3. The van der Waals surface area contributed by atoms with Crippen LogP contribution in [0.4, 0.5) is 19.0 Å². The number of aromatic nitrogens is 1.